The summed E-state index contributed by atoms with van der Waals surface area (Å²) in [5.41, 5.74) is 13.5. The molecule has 0 amide bonds. The fourth-order valence-corrected chi connectivity index (χ4v) is 5.80. The zero-order valence-corrected chi connectivity index (χ0v) is 28.3. The number of rotatable bonds is 32. The standard InChI is InChI=1S/C38H72N2O2/c1-3-5-7-9-11-13-15-17-19-21-23-25-27-29-31-41-37-34-38(36(40)33-35(37)39)42-32-30-28-26-24-22-20-18-16-14-12-10-8-6-4-2/h33-34H,3-32,39-40H2,1-2H3. The van der Waals surface area contributed by atoms with Crippen molar-refractivity contribution in [2.75, 3.05) is 24.7 Å². The predicted octanol–water partition coefficient (Wildman–Crippen LogP) is 12.6. The zero-order chi connectivity index (χ0) is 30.4. The molecule has 1 rings (SSSR count). The molecule has 4 nitrogen and oxygen atoms in total. The van der Waals surface area contributed by atoms with Crippen LogP contribution in [-0.2, 0) is 0 Å². The Morgan fingerprint density at radius 3 is 0.857 bits per heavy atom. The van der Waals surface area contributed by atoms with Crippen LogP contribution in [0, 0.1) is 0 Å². The largest absolute Gasteiger partial charge is 0.491 e. The van der Waals surface area contributed by atoms with E-state index in [0.717, 1.165) is 12.8 Å². The second kappa shape index (κ2) is 29.5. The van der Waals surface area contributed by atoms with E-state index in [1.807, 2.05) is 6.07 Å². The van der Waals surface area contributed by atoms with Crippen molar-refractivity contribution in [2.24, 2.45) is 0 Å². The van der Waals surface area contributed by atoms with Gasteiger partial charge in [-0.05, 0) is 18.9 Å². The first-order valence-electron chi connectivity index (χ1n) is 18.6. The van der Waals surface area contributed by atoms with Crippen LogP contribution in [0.25, 0.3) is 0 Å². The summed E-state index contributed by atoms with van der Waals surface area (Å²) >= 11 is 0. The first-order chi connectivity index (χ1) is 20.7. The number of benzene rings is 1. The maximum atomic E-state index is 6.18. The Labute approximate surface area is 262 Å². The monoisotopic (exact) mass is 589 g/mol. The summed E-state index contributed by atoms with van der Waals surface area (Å²) in [6, 6.07) is 3.67. The minimum absolute atomic E-state index is 0.599. The highest BCUT2D eigenvalue weighted by atomic mass is 16.5. The van der Waals surface area contributed by atoms with Crippen LogP contribution in [0.1, 0.15) is 194 Å². The fraction of sp³-hybridized carbons (Fsp3) is 0.842. The highest BCUT2D eigenvalue weighted by Gasteiger charge is 2.08. The smallest absolute Gasteiger partial charge is 0.146 e. The van der Waals surface area contributed by atoms with Crippen LogP contribution in [0.4, 0.5) is 11.4 Å². The Morgan fingerprint density at radius 1 is 0.357 bits per heavy atom. The number of ether oxygens (including phenoxy) is 2. The lowest BCUT2D eigenvalue weighted by molar-refractivity contribution is 0.291. The third-order valence-corrected chi connectivity index (χ3v) is 8.65. The van der Waals surface area contributed by atoms with Gasteiger partial charge in [-0.15, -0.1) is 0 Å². The summed E-state index contributed by atoms with van der Waals surface area (Å²) in [5, 5.41) is 0. The second-order valence-corrected chi connectivity index (χ2v) is 12.8. The molecule has 0 aliphatic carbocycles. The van der Waals surface area contributed by atoms with Gasteiger partial charge in [0.15, 0.2) is 0 Å². The molecule has 246 valence electrons. The van der Waals surface area contributed by atoms with Gasteiger partial charge in [-0.25, -0.2) is 0 Å². The van der Waals surface area contributed by atoms with Gasteiger partial charge in [-0.2, -0.15) is 0 Å². The highest BCUT2D eigenvalue weighted by molar-refractivity contribution is 5.67. The van der Waals surface area contributed by atoms with Crippen LogP contribution >= 0.6 is 0 Å². The number of anilines is 2. The van der Waals surface area contributed by atoms with E-state index >= 15 is 0 Å². The van der Waals surface area contributed by atoms with E-state index in [4.69, 9.17) is 20.9 Å². The molecule has 0 bridgehead atoms. The summed E-state index contributed by atoms with van der Waals surface area (Å²) in [6.45, 7) is 5.97. The predicted molar refractivity (Wildman–Crippen MR) is 187 cm³/mol. The van der Waals surface area contributed by atoms with E-state index in [0.29, 0.717) is 36.1 Å². The van der Waals surface area contributed by atoms with E-state index in [1.54, 1.807) is 6.07 Å². The third-order valence-electron chi connectivity index (χ3n) is 8.65. The number of unbranched alkanes of at least 4 members (excludes halogenated alkanes) is 26. The van der Waals surface area contributed by atoms with Crippen LogP contribution in [0.5, 0.6) is 11.5 Å². The minimum atomic E-state index is 0.599. The van der Waals surface area contributed by atoms with Crippen molar-refractivity contribution in [3.63, 3.8) is 0 Å². The molecule has 0 aliphatic heterocycles. The highest BCUT2D eigenvalue weighted by Crippen LogP contribution is 2.33. The fourth-order valence-electron chi connectivity index (χ4n) is 5.80. The van der Waals surface area contributed by atoms with E-state index < -0.39 is 0 Å². The molecule has 0 atom stereocenters. The van der Waals surface area contributed by atoms with Crippen molar-refractivity contribution in [1.82, 2.24) is 0 Å². The van der Waals surface area contributed by atoms with Crippen LogP contribution in [-0.4, -0.2) is 13.2 Å². The van der Waals surface area contributed by atoms with Crippen molar-refractivity contribution in [2.45, 2.75) is 194 Å². The zero-order valence-electron chi connectivity index (χ0n) is 28.3. The van der Waals surface area contributed by atoms with Gasteiger partial charge in [0.05, 0.1) is 24.6 Å². The molecule has 0 saturated carbocycles. The molecule has 1 aromatic rings. The summed E-state index contributed by atoms with van der Waals surface area (Å²) < 4.78 is 12.0. The summed E-state index contributed by atoms with van der Waals surface area (Å²) in [4.78, 5) is 0. The first kappa shape index (κ1) is 38.4. The van der Waals surface area contributed by atoms with Crippen molar-refractivity contribution in [3.05, 3.63) is 12.1 Å². The van der Waals surface area contributed by atoms with Gasteiger partial charge in [-0.3, -0.25) is 0 Å². The molecule has 0 unspecified atom stereocenters. The molecular weight excluding hydrogens is 516 g/mol. The Balaban J connectivity index is 2.00. The maximum Gasteiger partial charge on any atom is 0.146 e. The van der Waals surface area contributed by atoms with E-state index in [9.17, 15) is 0 Å². The summed E-state index contributed by atoms with van der Waals surface area (Å²) in [5.74, 6) is 1.41. The van der Waals surface area contributed by atoms with Gasteiger partial charge in [-0.1, -0.05) is 181 Å². The molecule has 0 spiro atoms. The molecule has 1 aromatic carbocycles. The van der Waals surface area contributed by atoms with Crippen molar-refractivity contribution in [1.29, 1.82) is 0 Å². The lowest BCUT2D eigenvalue weighted by atomic mass is 10.0. The first-order valence-corrected chi connectivity index (χ1v) is 18.6. The number of hydrogen-bond donors (Lipinski definition) is 2. The SMILES string of the molecule is CCCCCCCCCCCCCCCCOc1cc(OCCCCCCCCCCCCCCCC)c(N)cc1N. The summed E-state index contributed by atoms with van der Waals surface area (Å²) in [6.07, 6.45) is 38.1. The Morgan fingerprint density at radius 2 is 0.595 bits per heavy atom. The lowest BCUT2D eigenvalue weighted by Gasteiger charge is -2.14. The lowest BCUT2D eigenvalue weighted by Crippen LogP contribution is -2.05. The summed E-state index contributed by atoms with van der Waals surface area (Å²) in [7, 11) is 0. The average molecular weight is 589 g/mol. The molecule has 4 N–H and O–H groups in total. The van der Waals surface area contributed by atoms with Crippen molar-refractivity contribution >= 4 is 11.4 Å². The van der Waals surface area contributed by atoms with Gasteiger partial charge in [0.2, 0.25) is 0 Å². The van der Waals surface area contributed by atoms with Crippen LogP contribution in [0.2, 0.25) is 0 Å². The number of hydrogen-bond acceptors (Lipinski definition) is 4. The quantitative estimate of drug-likeness (QED) is 0.0648. The molecule has 0 heterocycles. The van der Waals surface area contributed by atoms with Crippen LogP contribution < -0.4 is 20.9 Å². The maximum absolute atomic E-state index is 6.18. The molecule has 42 heavy (non-hydrogen) atoms. The van der Waals surface area contributed by atoms with E-state index in [2.05, 4.69) is 13.8 Å². The normalized spacial score (nSPS) is 11.3. The number of nitrogens with two attached hydrogens (primary N) is 2. The molecule has 0 aromatic heterocycles. The third kappa shape index (κ3) is 22.9. The minimum Gasteiger partial charge on any atom is -0.491 e. The molecule has 0 saturated heterocycles. The Kier molecular flexibility index (Phi) is 27.0. The molecule has 4 heteroatoms. The molecule has 0 radical (unpaired) electrons. The molecular formula is C38H72N2O2. The van der Waals surface area contributed by atoms with Crippen molar-refractivity contribution < 1.29 is 9.47 Å². The van der Waals surface area contributed by atoms with E-state index in [1.165, 1.54) is 167 Å². The molecule has 0 aliphatic rings. The molecule has 0 fully saturated rings. The van der Waals surface area contributed by atoms with E-state index in [-0.39, 0.29) is 0 Å². The van der Waals surface area contributed by atoms with Gasteiger partial charge in [0, 0.05) is 6.07 Å². The van der Waals surface area contributed by atoms with Gasteiger partial charge in [0.25, 0.3) is 0 Å². The van der Waals surface area contributed by atoms with Crippen LogP contribution in [0.15, 0.2) is 12.1 Å². The second-order valence-electron chi connectivity index (χ2n) is 12.8. The van der Waals surface area contributed by atoms with Gasteiger partial charge < -0.3 is 20.9 Å². The van der Waals surface area contributed by atoms with Gasteiger partial charge >= 0.3 is 0 Å². The topological polar surface area (TPSA) is 70.5 Å². The Hall–Kier alpha value is -1.58. The average Bonchev–Trinajstić information content (AvgIpc) is 2.98. The number of nitrogen functional groups attached to an aromatic ring is 2. The van der Waals surface area contributed by atoms with Crippen LogP contribution in [0.3, 0.4) is 0 Å². The van der Waals surface area contributed by atoms with Gasteiger partial charge in [0.1, 0.15) is 11.5 Å². The Bertz CT molecular complexity index is 653. The van der Waals surface area contributed by atoms with Crippen molar-refractivity contribution in [3.8, 4) is 11.5 Å².